The topological polar surface area (TPSA) is 242 Å². The number of amides is 4. The number of phenolic OH excluding ortho intramolecular Hbond substituents is 1. The zero-order valence-electron chi connectivity index (χ0n) is 48.4. The molecule has 0 aromatic heterocycles. The number of benzene rings is 3. The number of para-hydroxylation sites is 1. The van der Waals surface area contributed by atoms with Gasteiger partial charge in [-0.15, -0.1) is 11.8 Å². The number of rotatable bonds is 25. The molecule has 2 unspecified atom stereocenters. The van der Waals surface area contributed by atoms with Gasteiger partial charge in [0.1, 0.15) is 36.0 Å². The summed E-state index contributed by atoms with van der Waals surface area (Å²) in [6.07, 6.45) is 14.7. The van der Waals surface area contributed by atoms with Crippen LogP contribution in [0.25, 0.3) is 10.6 Å². The van der Waals surface area contributed by atoms with Crippen LogP contribution in [0.15, 0.2) is 96.1 Å². The van der Waals surface area contributed by atoms with Crippen molar-refractivity contribution in [1.82, 2.24) is 30.2 Å². The minimum Gasteiger partial charge on any atom is -0.507 e. The number of hydrogen-bond donors (Lipinski definition) is 7. The maximum atomic E-state index is 14.1. The summed E-state index contributed by atoms with van der Waals surface area (Å²) in [6.45, 7) is 16.1. The van der Waals surface area contributed by atoms with E-state index >= 15 is 0 Å². The molecule has 3 aromatic rings. The second-order valence-corrected chi connectivity index (χ2v) is 24.1. The molecule has 11 N–H and O–H groups in total. The van der Waals surface area contributed by atoms with Gasteiger partial charge < -0.3 is 63.0 Å². The van der Waals surface area contributed by atoms with E-state index in [1.165, 1.54) is 0 Å². The summed E-state index contributed by atoms with van der Waals surface area (Å²) in [5.74, 6) is 0.834. The Kier molecular flexibility index (Phi) is 22.0. The Morgan fingerprint density at radius 1 is 0.787 bits per heavy atom. The largest absolute Gasteiger partial charge is 0.507 e. The number of nitrogens with two attached hydrogens (primary N) is 4. The van der Waals surface area contributed by atoms with E-state index in [1.807, 2.05) is 82.2 Å². The van der Waals surface area contributed by atoms with E-state index in [2.05, 4.69) is 43.5 Å². The molecule has 4 aliphatic rings. The van der Waals surface area contributed by atoms with Gasteiger partial charge in [-0.1, -0.05) is 95.3 Å². The highest BCUT2D eigenvalue weighted by Crippen LogP contribution is 2.38. The number of anilines is 1. The molecule has 5 atom stereocenters. The van der Waals surface area contributed by atoms with E-state index < -0.39 is 17.5 Å². The second kappa shape index (κ2) is 28.8. The third kappa shape index (κ3) is 16.3. The Bertz CT molecular complexity index is 2660. The minimum absolute atomic E-state index is 0.105. The highest BCUT2D eigenvalue weighted by molar-refractivity contribution is 8.07. The van der Waals surface area contributed by atoms with Crippen molar-refractivity contribution in [1.29, 1.82) is 0 Å². The highest BCUT2D eigenvalue weighted by Gasteiger charge is 2.43. The minimum atomic E-state index is -0.748. The Morgan fingerprint density at radius 2 is 1.44 bits per heavy atom. The number of ether oxygens (including phenoxy) is 1. The Hall–Kier alpha value is -6.53. The zero-order valence-corrected chi connectivity index (χ0v) is 49.2. The third-order valence-corrected chi connectivity index (χ3v) is 17.3. The number of piperazine rings is 2. The first-order chi connectivity index (χ1) is 38.3. The molecular weight excluding hydrogens is 1030 g/mol. The summed E-state index contributed by atoms with van der Waals surface area (Å²) in [4.78, 5) is 65.9. The van der Waals surface area contributed by atoms with Gasteiger partial charge >= 0.3 is 0 Å². The second-order valence-electron chi connectivity index (χ2n) is 23.3. The summed E-state index contributed by atoms with van der Waals surface area (Å²) >= 11 is 1.60. The van der Waals surface area contributed by atoms with E-state index in [1.54, 1.807) is 40.9 Å². The number of unbranched alkanes of at least 4 members (excludes halogenated alkanes) is 6. The monoisotopic (exact) mass is 1120 g/mol. The standard InChI is InChI=1S/C62H91N11O6S/c1-42(63)57(80-6)45-27-25-44(26-28-45)43(2)67-60(77)52-21-17-31-72(52)61(78)58(62(3,4)5)68-55(75)23-12-10-8-7-9-11-13-24-56(76)70-34-32-69(33-35-70)36-37-79-49-19-16-18-46(38-49)73-47-29-30-48(73)41-71(40-47)53(59(65)66)39-51(64)50-20-14-15-22-54(50)74/h14-16,18-20,22,25-28,38-39,43,47-48,52,58,74H,7-13,17,21,23-24,29-37,40-41,63-66H2,1-6H3,(H,67,77)(H,68,75)/b51-39-,57-42-/t43-,47?,48?,52-,58+/m0/s1. The zero-order chi connectivity index (χ0) is 57.5. The van der Waals surface area contributed by atoms with Crippen LogP contribution in [-0.4, -0.2) is 138 Å². The molecule has 0 saturated carbocycles. The number of nitrogens with zero attached hydrogens (tertiary/aromatic N) is 5. The van der Waals surface area contributed by atoms with E-state index in [0.717, 1.165) is 143 Å². The average Bonchev–Trinajstić information content (AvgIpc) is 4.04. The predicted octanol–water partition coefficient (Wildman–Crippen LogP) is 7.57. The highest BCUT2D eigenvalue weighted by atomic mass is 32.2. The molecule has 4 amide bonds. The van der Waals surface area contributed by atoms with E-state index in [4.69, 9.17) is 27.7 Å². The molecule has 436 valence electrons. The number of hydrogen-bond acceptors (Lipinski definition) is 14. The van der Waals surface area contributed by atoms with Crippen molar-refractivity contribution >= 4 is 51.7 Å². The quantitative estimate of drug-likeness (QED) is 0.0320. The van der Waals surface area contributed by atoms with Gasteiger partial charge in [0.2, 0.25) is 23.6 Å². The lowest BCUT2D eigenvalue weighted by atomic mass is 9.85. The number of thioether (sulfide) groups is 1. The number of carbonyl (C=O) groups excluding carboxylic acids is 4. The summed E-state index contributed by atoms with van der Waals surface area (Å²) in [5, 5.41) is 16.5. The number of aromatic hydroxyl groups is 1. The number of carbonyl (C=O) groups is 4. The molecule has 3 aromatic carbocycles. The van der Waals surface area contributed by atoms with Crippen LogP contribution < -0.4 is 43.2 Å². The van der Waals surface area contributed by atoms with Crippen LogP contribution in [0.5, 0.6) is 11.5 Å². The van der Waals surface area contributed by atoms with Gasteiger partial charge in [0.15, 0.2) is 0 Å². The average molecular weight is 1120 g/mol. The van der Waals surface area contributed by atoms with Gasteiger partial charge in [-0.05, 0) is 106 Å². The van der Waals surface area contributed by atoms with Crippen LogP contribution in [0, 0.1) is 5.41 Å². The molecule has 4 saturated heterocycles. The first-order valence-electron chi connectivity index (χ1n) is 29.1. The molecule has 0 radical (unpaired) electrons. The van der Waals surface area contributed by atoms with Crippen LogP contribution in [0.3, 0.4) is 0 Å². The lowest BCUT2D eigenvalue weighted by molar-refractivity contribution is -0.144. The molecule has 4 aliphatic heterocycles. The van der Waals surface area contributed by atoms with Gasteiger partial charge in [-0.3, -0.25) is 24.1 Å². The summed E-state index contributed by atoms with van der Waals surface area (Å²) in [7, 11) is 0. The molecular formula is C62H91N11O6S. The van der Waals surface area contributed by atoms with Crippen molar-refractivity contribution in [2.24, 2.45) is 28.3 Å². The fourth-order valence-corrected chi connectivity index (χ4v) is 12.5. The van der Waals surface area contributed by atoms with Gasteiger partial charge in [0.25, 0.3) is 0 Å². The number of phenols is 1. The fraction of sp³-hybridized carbons (Fsp3) is 0.548. The lowest BCUT2D eigenvalue weighted by Crippen LogP contribution is -2.57. The molecule has 2 bridgehead atoms. The first kappa shape index (κ1) is 61.1. The van der Waals surface area contributed by atoms with Crippen molar-refractivity contribution in [3.8, 4) is 11.5 Å². The normalized spacial score (nSPS) is 19.8. The molecule has 7 rings (SSSR count). The number of fused-ring (bicyclic) bond motifs is 2. The fourth-order valence-electron chi connectivity index (χ4n) is 11.8. The molecule has 4 fully saturated rings. The number of allylic oxidation sites excluding steroid dienone is 2. The van der Waals surface area contributed by atoms with E-state index in [0.29, 0.717) is 49.4 Å². The lowest BCUT2D eigenvalue weighted by Gasteiger charge is -2.44. The van der Waals surface area contributed by atoms with Gasteiger partial charge in [-0.25, -0.2) is 0 Å². The summed E-state index contributed by atoms with van der Waals surface area (Å²) < 4.78 is 6.31. The van der Waals surface area contributed by atoms with Crippen LogP contribution in [0.1, 0.15) is 141 Å². The first-order valence-corrected chi connectivity index (χ1v) is 30.3. The van der Waals surface area contributed by atoms with Crippen LogP contribution in [-0.2, 0) is 19.2 Å². The van der Waals surface area contributed by atoms with Crippen LogP contribution in [0.4, 0.5) is 5.69 Å². The molecule has 80 heavy (non-hydrogen) atoms. The smallest absolute Gasteiger partial charge is 0.246 e. The van der Waals surface area contributed by atoms with Crippen molar-refractivity contribution in [2.75, 3.05) is 70.1 Å². The van der Waals surface area contributed by atoms with Crippen molar-refractivity contribution in [2.45, 2.75) is 148 Å². The predicted molar refractivity (Wildman–Crippen MR) is 322 cm³/mol. The molecule has 18 heteroatoms. The van der Waals surface area contributed by atoms with E-state index in [-0.39, 0.29) is 53.3 Å². The summed E-state index contributed by atoms with van der Waals surface area (Å²) in [6, 6.07) is 22.3. The van der Waals surface area contributed by atoms with E-state index in [9.17, 15) is 24.3 Å². The number of likely N-dealkylation sites (tertiary alicyclic amines) is 2. The molecule has 0 spiro atoms. The van der Waals surface area contributed by atoms with Gasteiger partial charge in [0, 0.05) is 111 Å². The maximum absolute atomic E-state index is 14.1. The number of nitrogens with one attached hydrogen (secondary N) is 2. The Labute approximate surface area is 479 Å². The SMILES string of the molecule is CS/C(=C(/C)N)c1ccc([C@H](C)NC(=O)[C@@H]2CCCN2C(=O)[C@@H](NC(=O)CCCCCCCCCC(=O)N2CCN(CCOc3cccc(N4C5CCC4CN(C(/C=C(\N)c4ccccc4O)=C(N)N)C5)c3)CC2)C(C)(C)C)cc1. The van der Waals surface area contributed by atoms with Crippen LogP contribution in [0.2, 0.25) is 0 Å². The molecule has 4 heterocycles. The Balaban J connectivity index is 0.737. The van der Waals surface area contributed by atoms with Crippen LogP contribution >= 0.6 is 11.8 Å². The molecule has 17 nitrogen and oxygen atoms in total. The maximum Gasteiger partial charge on any atom is 0.246 e. The van der Waals surface area contributed by atoms with Crippen molar-refractivity contribution < 1.29 is 29.0 Å². The van der Waals surface area contributed by atoms with Crippen molar-refractivity contribution in [3.05, 3.63) is 113 Å². The Morgan fingerprint density at radius 3 is 2.06 bits per heavy atom. The summed E-state index contributed by atoms with van der Waals surface area (Å²) in [5.41, 5.74) is 29.9. The third-order valence-electron chi connectivity index (χ3n) is 16.3. The van der Waals surface area contributed by atoms with Gasteiger partial charge in [-0.2, -0.15) is 0 Å². The van der Waals surface area contributed by atoms with Gasteiger partial charge in [0.05, 0.1) is 11.7 Å². The van der Waals surface area contributed by atoms with Crippen molar-refractivity contribution in [3.63, 3.8) is 0 Å². The molecule has 0 aliphatic carbocycles.